The SMILES string of the molecule is Cc1ccc(Br)cc1C(=O)Nc1ccc(Br)nc1C. The van der Waals surface area contributed by atoms with E-state index in [1.165, 1.54) is 0 Å². The highest BCUT2D eigenvalue weighted by molar-refractivity contribution is 9.10. The lowest BCUT2D eigenvalue weighted by atomic mass is 10.1. The Morgan fingerprint density at radius 3 is 2.58 bits per heavy atom. The lowest BCUT2D eigenvalue weighted by molar-refractivity contribution is 0.102. The Bertz CT molecular complexity index is 641. The third-order valence-electron chi connectivity index (χ3n) is 2.74. The molecule has 98 valence electrons. The minimum atomic E-state index is -0.133. The summed E-state index contributed by atoms with van der Waals surface area (Å²) in [6.45, 7) is 3.77. The van der Waals surface area contributed by atoms with Gasteiger partial charge in [-0.1, -0.05) is 22.0 Å². The van der Waals surface area contributed by atoms with Gasteiger partial charge in [-0.25, -0.2) is 4.98 Å². The minimum Gasteiger partial charge on any atom is -0.320 e. The van der Waals surface area contributed by atoms with Gasteiger partial charge in [-0.05, 0) is 59.6 Å². The molecule has 0 unspecified atom stereocenters. The molecule has 1 aromatic heterocycles. The van der Waals surface area contributed by atoms with E-state index in [1.54, 1.807) is 6.07 Å². The van der Waals surface area contributed by atoms with E-state index in [0.29, 0.717) is 11.3 Å². The first-order chi connectivity index (χ1) is 8.97. The number of amides is 1. The molecule has 0 radical (unpaired) electrons. The summed E-state index contributed by atoms with van der Waals surface area (Å²) in [4.78, 5) is 16.5. The van der Waals surface area contributed by atoms with E-state index >= 15 is 0 Å². The van der Waals surface area contributed by atoms with Gasteiger partial charge in [0.25, 0.3) is 5.91 Å². The second kappa shape index (κ2) is 5.84. The fourth-order valence-electron chi connectivity index (χ4n) is 1.69. The summed E-state index contributed by atoms with van der Waals surface area (Å²) < 4.78 is 1.63. The van der Waals surface area contributed by atoms with Crippen molar-refractivity contribution in [2.45, 2.75) is 13.8 Å². The molecule has 0 aliphatic rings. The predicted octanol–water partition coefficient (Wildman–Crippen LogP) is 4.48. The lowest BCUT2D eigenvalue weighted by Gasteiger charge is -2.10. The lowest BCUT2D eigenvalue weighted by Crippen LogP contribution is -2.14. The molecule has 2 aromatic rings. The van der Waals surface area contributed by atoms with Crippen LogP contribution in [0, 0.1) is 13.8 Å². The normalized spacial score (nSPS) is 10.3. The Morgan fingerprint density at radius 2 is 1.89 bits per heavy atom. The predicted molar refractivity (Wildman–Crippen MR) is 83.5 cm³/mol. The van der Waals surface area contributed by atoms with Gasteiger partial charge in [0.1, 0.15) is 4.60 Å². The molecule has 0 saturated heterocycles. The molecule has 3 nitrogen and oxygen atoms in total. The van der Waals surface area contributed by atoms with E-state index in [9.17, 15) is 4.79 Å². The first kappa shape index (κ1) is 14.2. The van der Waals surface area contributed by atoms with Crippen LogP contribution in [0.1, 0.15) is 21.6 Å². The summed E-state index contributed by atoms with van der Waals surface area (Å²) in [5.41, 5.74) is 3.07. The maximum atomic E-state index is 12.3. The minimum absolute atomic E-state index is 0.133. The smallest absolute Gasteiger partial charge is 0.256 e. The Labute approximate surface area is 128 Å². The maximum Gasteiger partial charge on any atom is 0.256 e. The zero-order valence-electron chi connectivity index (χ0n) is 10.5. The van der Waals surface area contributed by atoms with Gasteiger partial charge in [-0.2, -0.15) is 0 Å². The molecule has 1 amide bonds. The van der Waals surface area contributed by atoms with E-state index in [0.717, 1.165) is 20.3 Å². The molecule has 1 heterocycles. The number of rotatable bonds is 2. The Balaban J connectivity index is 2.28. The van der Waals surface area contributed by atoms with Crippen molar-refractivity contribution >= 4 is 43.5 Å². The number of carbonyl (C=O) groups excluding carboxylic acids is 1. The number of anilines is 1. The number of aryl methyl sites for hydroxylation is 2. The highest BCUT2D eigenvalue weighted by Gasteiger charge is 2.11. The van der Waals surface area contributed by atoms with Gasteiger partial charge in [-0.3, -0.25) is 4.79 Å². The van der Waals surface area contributed by atoms with Crippen LogP contribution in [-0.2, 0) is 0 Å². The van der Waals surface area contributed by atoms with Crippen LogP contribution in [-0.4, -0.2) is 10.9 Å². The van der Waals surface area contributed by atoms with Crippen molar-refractivity contribution < 1.29 is 4.79 Å². The number of hydrogen-bond donors (Lipinski definition) is 1. The average molecular weight is 384 g/mol. The third kappa shape index (κ3) is 3.42. The summed E-state index contributed by atoms with van der Waals surface area (Å²) >= 11 is 6.67. The van der Waals surface area contributed by atoms with Gasteiger partial charge < -0.3 is 5.32 Å². The van der Waals surface area contributed by atoms with Gasteiger partial charge in [0.15, 0.2) is 0 Å². The van der Waals surface area contributed by atoms with Crippen LogP contribution in [0.2, 0.25) is 0 Å². The number of nitrogens with zero attached hydrogens (tertiary/aromatic N) is 1. The van der Waals surface area contributed by atoms with Crippen LogP contribution < -0.4 is 5.32 Å². The highest BCUT2D eigenvalue weighted by Crippen LogP contribution is 2.20. The van der Waals surface area contributed by atoms with Gasteiger partial charge in [0.2, 0.25) is 0 Å². The molecule has 0 fully saturated rings. The van der Waals surface area contributed by atoms with E-state index in [4.69, 9.17) is 0 Å². The summed E-state index contributed by atoms with van der Waals surface area (Å²) in [5, 5.41) is 2.88. The quantitative estimate of drug-likeness (QED) is 0.777. The maximum absolute atomic E-state index is 12.3. The van der Waals surface area contributed by atoms with E-state index in [1.807, 2.05) is 38.1 Å². The fourth-order valence-corrected chi connectivity index (χ4v) is 2.45. The molecule has 0 bridgehead atoms. The zero-order chi connectivity index (χ0) is 14.0. The molecule has 0 atom stereocenters. The van der Waals surface area contributed by atoms with Crippen molar-refractivity contribution in [3.8, 4) is 0 Å². The van der Waals surface area contributed by atoms with Crippen LogP contribution in [0.25, 0.3) is 0 Å². The largest absolute Gasteiger partial charge is 0.320 e. The number of pyridine rings is 1. The number of benzene rings is 1. The van der Waals surface area contributed by atoms with Gasteiger partial charge in [0, 0.05) is 10.0 Å². The first-order valence-corrected chi connectivity index (χ1v) is 7.26. The van der Waals surface area contributed by atoms with Crippen molar-refractivity contribution in [3.05, 3.63) is 56.2 Å². The second-order valence-corrected chi connectivity index (χ2v) is 5.91. The summed E-state index contributed by atoms with van der Waals surface area (Å²) in [5.74, 6) is -0.133. The summed E-state index contributed by atoms with van der Waals surface area (Å²) in [7, 11) is 0. The summed E-state index contributed by atoms with van der Waals surface area (Å²) in [6, 6.07) is 9.27. The van der Waals surface area contributed by atoms with Crippen LogP contribution in [0.15, 0.2) is 39.4 Å². The first-order valence-electron chi connectivity index (χ1n) is 5.68. The summed E-state index contributed by atoms with van der Waals surface area (Å²) in [6.07, 6.45) is 0. The fraction of sp³-hybridized carbons (Fsp3) is 0.143. The molecule has 0 aliphatic heterocycles. The Morgan fingerprint density at radius 1 is 1.16 bits per heavy atom. The van der Waals surface area contributed by atoms with E-state index in [-0.39, 0.29) is 5.91 Å². The van der Waals surface area contributed by atoms with Crippen LogP contribution >= 0.6 is 31.9 Å². The van der Waals surface area contributed by atoms with E-state index < -0.39 is 0 Å². The number of nitrogens with one attached hydrogen (secondary N) is 1. The number of halogens is 2. The molecule has 5 heteroatoms. The van der Waals surface area contributed by atoms with E-state index in [2.05, 4.69) is 42.2 Å². The van der Waals surface area contributed by atoms with Crippen LogP contribution in [0.3, 0.4) is 0 Å². The topological polar surface area (TPSA) is 42.0 Å². The standard InChI is InChI=1S/C14H12Br2N2O/c1-8-3-4-10(15)7-11(8)14(19)18-12-5-6-13(16)17-9(12)2/h3-7H,1-2H3,(H,18,19). The molecule has 0 aliphatic carbocycles. The molecule has 0 saturated carbocycles. The van der Waals surface area contributed by atoms with Crippen molar-refractivity contribution in [3.63, 3.8) is 0 Å². The van der Waals surface area contributed by atoms with Crippen LogP contribution in [0.5, 0.6) is 0 Å². The van der Waals surface area contributed by atoms with Gasteiger partial charge in [0.05, 0.1) is 11.4 Å². The molecular formula is C14H12Br2N2O. The van der Waals surface area contributed by atoms with Gasteiger partial charge >= 0.3 is 0 Å². The number of carbonyl (C=O) groups is 1. The molecule has 19 heavy (non-hydrogen) atoms. The monoisotopic (exact) mass is 382 g/mol. The molecular weight excluding hydrogens is 372 g/mol. The van der Waals surface area contributed by atoms with Crippen LogP contribution in [0.4, 0.5) is 5.69 Å². The second-order valence-electron chi connectivity index (χ2n) is 4.18. The van der Waals surface area contributed by atoms with Crippen molar-refractivity contribution in [2.75, 3.05) is 5.32 Å². The molecule has 1 N–H and O–H groups in total. The number of aromatic nitrogens is 1. The average Bonchev–Trinajstić information content (AvgIpc) is 2.35. The highest BCUT2D eigenvalue weighted by atomic mass is 79.9. The molecule has 1 aromatic carbocycles. The Hall–Kier alpha value is -1.20. The third-order valence-corrected chi connectivity index (χ3v) is 3.68. The van der Waals surface area contributed by atoms with Crippen molar-refractivity contribution in [1.29, 1.82) is 0 Å². The van der Waals surface area contributed by atoms with Gasteiger partial charge in [-0.15, -0.1) is 0 Å². The molecule has 2 rings (SSSR count). The zero-order valence-corrected chi connectivity index (χ0v) is 13.7. The van der Waals surface area contributed by atoms with Crippen molar-refractivity contribution in [2.24, 2.45) is 0 Å². The molecule has 0 spiro atoms. The number of hydrogen-bond acceptors (Lipinski definition) is 2. The van der Waals surface area contributed by atoms with Crippen molar-refractivity contribution in [1.82, 2.24) is 4.98 Å². The Kier molecular flexibility index (Phi) is 4.37.